The van der Waals surface area contributed by atoms with Crippen LogP contribution in [0.15, 0.2) is 52.9 Å². The molecular weight excluding hydrogens is 352 g/mol. The number of aryl methyl sites for hydroxylation is 1. The van der Waals surface area contributed by atoms with Crippen molar-refractivity contribution in [3.63, 3.8) is 0 Å². The maximum Gasteiger partial charge on any atom is 0.259 e. The molecule has 1 N–H and O–H groups in total. The lowest BCUT2D eigenvalue weighted by Gasteiger charge is -2.04. The molecule has 0 saturated heterocycles. The molecule has 3 rings (SSSR count). The number of rotatable bonds is 3. The Bertz CT molecular complexity index is 921. The fourth-order valence-electron chi connectivity index (χ4n) is 2.25. The van der Waals surface area contributed by atoms with Gasteiger partial charge in [0.15, 0.2) is 0 Å². The molecular formula is C18H12Cl2FNO2. The van der Waals surface area contributed by atoms with E-state index in [0.717, 1.165) is 0 Å². The van der Waals surface area contributed by atoms with Gasteiger partial charge in [0.05, 0.1) is 21.3 Å². The molecule has 0 aliphatic heterocycles. The zero-order valence-corrected chi connectivity index (χ0v) is 14.1. The first kappa shape index (κ1) is 16.6. The molecule has 6 heteroatoms. The Morgan fingerprint density at radius 2 is 1.83 bits per heavy atom. The van der Waals surface area contributed by atoms with Gasteiger partial charge in [-0.25, -0.2) is 4.39 Å². The van der Waals surface area contributed by atoms with E-state index in [2.05, 4.69) is 5.32 Å². The smallest absolute Gasteiger partial charge is 0.259 e. The highest BCUT2D eigenvalue weighted by Crippen LogP contribution is 2.31. The third-order valence-corrected chi connectivity index (χ3v) is 4.23. The van der Waals surface area contributed by atoms with Crippen molar-refractivity contribution < 1.29 is 13.6 Å². The molecule has 0 spiro atoms. The fourth-order valence-corrected chi connectivity index (χ4v) is 2.55. The van der Waals surface area contributed by atoms with Gasteiger partial charge < -0.3 is 9.73 Å². The van der Waals surface area contributed by atoms with Crippen LogP contribution in [0.5, 0.6) is 0 Å². The number of carbonyl (C=O) groups is 1. The molecule has 2 aromatic carbocycles. The van der Waals surface area contributed by atoms with Gasteiger partial charge in [0.2, 0.25) is 0 Å². The lowest BCUT2D eigenvalue weighted by Crippen LogP contribution is -2.13. The topological polar surface area (TPSA) is 42.2 Å². The molecule has 0 atom stereocenters. The second-order valence-corrected chi connectivity index (χ2v) is 5.96. The van der Waals surface area contributed by atoms with Gasteiger partial charge in [-0.05, 0) is 43.3 Å². The molecule has 122 valence electrons. The van der Waals surface area contributed by atoms with Gasteiger partial charge in [0.1, 0.15) is 17.3 Å². The van der Waals surface area contributed by atoms with E-state index < -0.39 is 11.7 Å². The van der Waals surface area contributed by atoms with Crippen molar-refractivity contribution in [2.45, 2.75) is 6.92 Å². The molecule has 0 fully saturated rings. The number of furan rings is 1. The lowest BCUT2D eigenvalue weighted by atomic mass is 10.1. The van der Waals surface area contributed by atoms with Crippen molar-refractivity contribution in [2.24, 2.45) is 0 Å². The Morgan fingerprint density at radius 1 is 1.08 bits per heavy atom. The first-order chi connectivity index (χ1) is 11.5. The summed E-state index contributed by atoms with van der Waals surface area (Å²) in [6, 6.07) is 12.6. The predicted octanol–water partition coefficient (Wildman–Crippen LogP) is 5.95. The van der Waals surface area contributed by atoms with Crippen LogP contribution in [0.4, 0.5) is 10.1 Å². The van der Waals surface area contributed by atoms with Crippen LogP contribution in [0, 0.1) is 12.7 Å². The minimum atomic E-state index is -0.503. The highest BCUT2D eigenvalue weighted by atomic mass is 35.5. The van der Waals surface area contributed by atoms with Gasteiger partial charge in [-0.1, -0.05) is 35.3 Å². The van der Waals surface area contributed by atoms with E-state index >= 15 is 0 Å². The Morgan fingerprint density at radius 3 is 2.54 bits per heavy atom. The number of anilines is 1. The van der Waals surface area contributed by atoms with Crippen LogP contribution in [0.25, 0.3) is 11.3 Å². The van der Waals surface area contributed by atoms with Crippen LogP contribution in [0.1, 0.15) is 16.1 Å². The second kappa shape index (κ2) is 6.67. The van der Waals surface area contributed by atoms with Crippen LogP contribution in [-0.4, -0.2) is 5.91 Å². The first-order valence-electron chi connectivity index (χ1n) is 7.07. The largest absolute Gasteiger partial charge is 0.461 e. The van der Waals surface area contributed by atoms with Gasteiger partial charge in [0, 0.05) is 5.56 Å². The molecule has 1 amide bonds. The van der Waals surface area contributed by atoms with Crippen LogP contribution in [-0.2, 0) is 0 Å². The number of hydrogen-bond acceptors (Lipinski definition) is 2. The minimum Gasteiger partial charge on any atom is -0.461 e. The summed E-state index contributed by atoms with van der Waals surface area (Å²) in [6.07, 6.45) is 0. The summed E-state index contributed by atoms with van der Waals surface area (Å²) in [7, 11) is 0. The number of nitrogens with one attached hydrogen (secondary N) is 1. The van der Waals surface area contributed by atoms with Crippen molar-refractivity contribution in [2.75, 3.05) is 5.32 Å². The Kier molecular flexibility index (Phi) is 4.60. The normalized spacial score (nSPS) is 10.7. The zero-order chi connectivity index (χ0) is 17.3. The maximum atomic E-state index is 13.7. The molecule has 0 radical (unpaired) electrons. The summed E-state index contributed by atoms with van der Waals surface area (Å²) in [5.74, 6) is -0.0565. The summed E-state index contributed by atoms with van der Waals surface area (Å²) in [6.45, 7) is 1.66. The highest BCUT2D eigenvalue weighted by molar-refractivity contribution is 6.42. The number of carbonyl (C=O) groups excluding carboxylic acids is 1. The number of amides is 1. The van der Waals surface area contributed by atoms with E-state index in [-0.39, 0.29) is 5.69 Å². The SMILES string of the molecule is Cc1oc(-c2ccc(Cl)c(Cl)c2)cc1C(=O)Nc1ccccc1F. The predicted molar refractivity (Wildman–Crippen MR) is 93.3 cm³/mol. The Labute approximate surface area is 148 Å². The minimum absolute atomic E-state index is 0.110. The molecule has 0 bridgehead atoms. The van der Waals surface area contributed by atoms with Crippen LogP contribution in [0.2, 0.25) is 10.0 Å². The van der Waals surface area contributed by atoms with Crippen LogP contribution >= 0.6 is 23.2 Å². The number of halogens is 3. The number of hydrogen-bond donors (Lipinski definition) is 1. The molecule has 1 aromatic heterocycles. The van der Waals surface area contributed by atoms with Crippen LogP contribution < -0.4 is 5.32 Å². The average Bonchev–Trinajstić information content (AvgIpc) is 2.94. The van der Waals surface area contributed by atoms with Gasteiger partial charge in [0.25, 0.3) is 5.91 Å². The monoisotopic (exact) mass is 363 g/mol. The van der Waals surface area contributed by atoms with Gasteiger partial charge in [-0.3, -0.25) is 4.79 Å². The summed E-state index contributed by atoms with van der Waals surface area (Å²) in [5, 5.41) is 3.35. The molecule has 0 saturated carbocycles. The van der Waals surface area contributed by atoms with E-state index in [1.807, 2.05) is 0 Å². The molecule has 0 unspecified atom stereocenters. The van der Waals surface area contributed by atoms with Crippen molar-refractivity contribution >= 4 is 34.8 Å². The molecule has 0 aliphatic carbocycles. The molecule has 24 heavy (non-hydrogen) atoms. The second-order valence-electron chi connectivity index (χ2n) is 5.14. The fraction of sp³-hybridized carbons (Fsp3) is 0.0556. The van der Waals surface area contributed by atoms with E-state index in [1.165, 1.54) is 12.1 Å². The van der Waals surface area contributed by atoms with Crippen molar-refractivity contribution in [3.8, 4) is 11.3 Å². The Balaban J connectivity index is 1.90. The van der Waals surface area contributed by atoms with Crippen molar-refractivity contribution in [1.82, 2.24) is 0 Å². The van der Waals surface area contributed by atoms with E-state index in [9.17, 15) is 9.18 Å². The third kappa shape index (κ3) is 3.30. The summed E-state index contributed by atoms with van der Waals surface area (Å²) >= 11 is 11.9. The number of para-hydroxylation sites is 1. The quantitative estimate of drug-likeness (QED) is 0.624. The van der Waals surface area contributed by atoms with Crippen LogP contribution in [0.3, 0.4) is 0 Å². The number of benzene rings is 2. The molecule has 1 heterocycles. The van der Waals surface area contributed by atoms with Gasteiger partial charge in [-0.15, -0.1) is 0 Å². The third-order valence-electron chi connectivity index (χ3n) is 3.49. The maximum absolute atomic E-state index is 13.7. The standard InChI is InChI=1S/C18H12Cl2FNO2/c1-10-12(18(23)22-16-5-3-2-4-15(16)21)9-17(24-10)11-6-7-13(19)14(20)8-11/h2-9H,1H3,(H,22,23). The molecule has 3 aromatic rings. The van der Waals surface area contributed by atoms with Crippen molar-refractivity contribution in [1.29, 1.82) is 0 Å². The molecule has 3 nitrogen and oxygen atoms in total. The average molecular weight is 364 g/mol. The summed E-state index contributed by atoms with van der Waals surface area (Å²) in [4.78, 5) is 12.4. The lowest BCUT2D eigenvalue weighted by molar-refractivity contribution is 0.102. The van der Waals surface area contributed by atoms with E-state index in [0.29, 0.717) is 32.7 Å². The van der Waals surface area contributed by atoms with E-state index in [1.54, 1.807) is 43.3 Å². The zero-order valence-electron chi connectivity index (χ0n) is 12.6. The first-order valence-corrected chi connectivity index (χ1v) is 7.83. The van der Waals surface area contributed by atoms with Gasteiger partial charge >= 0.3 is 0 Å². The molecule has 0 aliphatic rings. The highest BCUT2D eigenvalue weighted by Gasteiger charge is 2.17. The van der Waals surface area contributed by atoms with Crippen molar-refractivity contribution in [3.05, 3.63) is 75.7 Å². The van der Waals surface area contributed by atoms with Gasteiger partial charge in [-0.2, -0.15) is 0 Å². The Hall–Kier alpha value is -2.30. The summed E-state index contributed by atoms with van der Waals surface area (Å²) < 4.78 is 19.3. The summed E-state index contributed by atoms with van der Waals surface area (Å²) in [5.41, 5.74) is 1.12. The van der Waals surface area contributed by atoms with E-state index in [4.69, 9.17) is 27.6 Å².